The molecule has 0 amide bonds. The maximum Gasteiger partial charge on any atom is 0.347 e. The van der Waals surface area contributed by atoms with Gasteiger partial charge in [-0.3, -0.25) is 4.98 Å². The number of aromatic amines is 1. The van der Waals surface area contributed by atoms with E-state index < -0.39 is 22.8 Å². The molecule has 1 N–H and O–H groups in total. The van der Waals surface area contributed by atoms with Crippen molar-refractivity contribution in [2.24, 2.45) is 5.41 Å². The standard InChI is InChI=1S/C23H19F3N4O/c1-22(25,26)23(9-10-23)8-7-14-12-27-13-18-15(14)4-3-11-30(18)20-19-16(24)5-2-6-17(19)28-21(31)29-20/h2,5-6,12-13H,3-4,9-11H2,1H3,(H,28,29,31). The molecule has 0 unspecified atom stereocenters. The molecule has 0 atom stereocenters. The van der Waals surface area contributed by atoms with Gasteiger partial charge in [-0.15, -0.1) is 0 Å². The van der Waals surface area contributed by atoms with E-state index in [0.29, 0.717) is 49.0 Å². The van der Waals surface area contributed by atoms with Gasteiger partial charge in [-0.25, -0.2) is 18.0 Å². The van der Waals surface area contributed by atoms with E-state index in [2.05, 4.69) is 26.8 Å². The Morgan fingerprint density at radius 1 is 1.26 bits per heavy atom. The van der Waals surface area contributed by atoms with Crippen molar-refractivity contribution in [2.45, 2.75) is 38.5 Å². The molecule has 8 heteroatoms. The van der Waals surface area contributed by atoms with Crippen molar-refractivity contribution >= 4 is 22.4 Å². The summed E-state index contributed by atoms with van der Waals surface area (Å²) in [6.07, 6.45) is 5.34. The van der Waals surface area contributed by atoms with Gasteiger partial charge in [0.25, 0.3) is 5.92 Å². The molecule has 0 radical (unpaired) electrons. The Kier molecular flexibility index (Phi) is 4.33. The molecule has 0 spiro atoms. The second-order valence-electron chi connectivity index (χ2n) is 8.19. The Labute approximate surface area is 176 Å². The highest BCUT2D eigenvalue weighted by Gasteiger charge is 2.58. The molecule has 2 aliphatic rings. The van der Waals surface area contributed by atoms with Crippen molar-refractivity contribution in [2.75, 3.05) is 11.4 Å². The summed E-state index contributed by atoms with van der Waals surface area (Å²) < 4.78 is 42.5. The first kappa shape index (κ1) is 19.6. The lowest BCUT2D eigenvalue weighted by atomic mass is 9.96. The number of alkyl halides is 2. The first-order valence-corrected chi connectivity index (χ1v) is 10.1. The average molecular weight is 424 g/mol. The molecule has 5 rings (SSSR count). The largest absolute Gasteiger partial charge is 0.347 e. The number of fused-ring (bicyclic) bond motifs is 2. The van der Waals surface area contributed by atoms with Gasteiger partial charge in [-0.1, -0.05) is 17.9 Å². The molecule has 1 aliphatic heterocycles. The van der Waals surface area contributed by atoms with Gasteiger partial charge in [0.2, 0.25) is 0 Å². The molecule has 5 nitrogen and oxygen atoms in total. The Balaban J connectivity index is 1.63. The number of anilines is 2. The average Bonchev–Trinajstić information content (AvgIpc) is 3.52. The first-order valence-electron chi connectivity index (χ1n) is 10.1. The molecule has 0 saturated heterocycles. The smallest absolute Gasteiger partial charge is 0.324 e. The van der Waals surface area contributed by atoms with E-state index in [9.17, 15) is 18.0 Å². The van der Waals surface area contributed by atoms with E-state index in [1.807, 2.05) is 0 Å². The van der Waals surface area contributed by atoms with Crippen LogP contribution in [-0.4, -0.2) is 27.4 Å². The topological polar surface area (TPSA) is 61.9 Å². The molecule has 0 bridgehead atoms. The maximum absolute atomic E-state index is 14.7. The quantitative estimate of drug-likeness (QED) is 0.622. The minimum atomic E-state index is -2.86. The molecule has 3 aromatic rings. The normalized spacial score (nSPS) is 17.1. The Bertz CT molecular complexity index is 1310. The first-order chi connectivity index (χ1) is 14.8. The highest BCUT2D eigenvalue weighted by molar-refractivity contribution is 5.92. The minimum Gasteiger partial charge on any atom is -0.324 e. The summed E-state index contributed by atoms with van der Waals surface area (Å²) in [5.74, 6) is 2.58. The van der Waals surface area contributed by atoms with Crippen LogP contribution < -0.4 is 10.6 Å². The summed E-state index contributed by atoms with van der Waals surface area (Å²) in [4.78, 5) is 24.7. The lowest BCUT2D eigenvalue weighted by Crippen LogP contribution is -2.29. The van der Waals surface area contributed by atoms with Gasteiger partial charge in [0.05, 0.1) is 28.2 Å². The number of nitrogens with one attached hydrogen (secondary N) is 1. The lowest BCUT2D eigenvalue weighted by molar-refractivity contribution is -0.0294. The molecular weight excluding hydrogens is 405 g/mol. The summed E-state index contributed by atoms with van der Waals surface area (Å²) in [6.45, 7) is 1.43. The monoisotopic (exact) mass is 424 g/mol. The van der Waals surface area contributed by atoms with Crippen LogP contribution in [0.4, 0.5) is 24.7 Å². The summed E-state index contributed by atoms with van der Waals surface area (Å²) >= 11 is 0. The second kappa shape index (κ2) is 6.84. The number of aromatic nitrogens is 3. The zero-order chi connectivity index (χ0) is 21.8. The van der Waals surface area contributed by atoms with Crippen LogP contribution in [0.15, 0.2) is 35.4 Å². The Hall–Kier alpha value is -3.34. The van der Waals surface area contributed by atoms with Crippen molar-refractivity contribution < 1.29 is 13.2 Å². The van der Waals surface area contributed by atoms with E-state index in [1.54, 1.807) is 23.4 Å². The highest BCUT2D eigenvalue weighted by atomic mass is 19.3. The number of nitrogens with zero attached hydrogens (tertiary/aromatic N) is 3. The van der Waals surface area contributed by atoms with Crippen LogP contribution >= 0.6 is 0 Å². The highest BCUT2D eigenvalue weighted by Crippen LogP contribution is 2.56. The number of hydrogen-bond acceptors (Lipinski definition) is 4. The van der Waals surface area contributed by atoms with Crippen LogP contribution in [0.25, 0.3) is 10.9 Å². The SMILES string of the molecule is CC(F)(F)C1(C#Cc2cncc3c2CCCN3c2nc(=O)[nH]c3cccc(F)c23)CC1. The molecule has 158 valence electrons. The number of pyridine rings is 1. The van der Waals surface area contributed by atoms with Crippen LogP contribution in [0.5, 0.6) is 0 Å². The van der Waals surface area contributed by atoms with Gasteiger partial charge < -0.3 is 9.88 Å². The van der Waals surface area contributed by atoms with Crippen LogP contribution in [0.3, 0.4) is 0 Å². The molecule has 3 heterocycles. The second-order valence-corrected chi connectivity index (χ2v) is 8.19. The fourth-order valence-corrected chi connectivity index (χ4v) is 4.17. The number of rotatable bonds is 2. The summed E-state index contributed by atoms with van der Waals surface area (Å²) in [7, 11) is 0. The van der Waals surface area contributed by atoms with Crippen molar-refractivity contribution in [3.05, 3.63) is 58.0 Å². The zero-order valence-corrected chi connectivity index (χ0v) is 16.8. The van der Waals surface area contributed by atoms with Crippen molar-refractivity contribution in [3.63, 3.8) is 0 Å². The van der Waals surface area contributed by atoms with Crippen LogP contribution in [0.1, 0.15) is 37.3 Å². The van der Waals surface area contributed by atoms with E-state index in [-0.39, 0.29) is 11.2 Å². The third-order valence-corrected chi connectivity index (χ3v) is 6.10. The molecule has 1 saturated carbocycles. The summed E-state index contributed by atoms with van der Waals surface area (Å²) in [5.41, 5.74) is 0.589. The zero-order valence-electron chi connectivity index (χ0n) is 16.8. The Morgan fingerprint density at radius 3 is 2.81 bits per heavy atom. The minimum absolute atomic E-state index is 0.212. The van der Waals surface area contributed by atoms with E-state index in [1.165, 1.54) is 12.1 Å². The maximum atomic E-state index is 14.7. The van der Waals surface area contributed by atoms with Gasteiger partial charge >= 0.3 is 5.69 Å². The van der Waals surface area contributed by atoms with Crippen molar-refractivity contribution in [3.8, 4) is 11.8 Å². The van der Waals surface area contributed by atoms with E-state index in [0.717, 1.165) is 12.5 Å². The van der Waals surface area contributed by atoms with Gasteiger partial charge in [-0.05, 0) is 43.4 Å². The lowest BCUT2D eigenvalue weighted by Gasteiger charge is -2.31. The predicted molar refractivity (Wildman–Crippen MR) is 111 cm³/mol. The number of halogens is 3. The molecule has 2 aromatic heterocycles. The van der Waals surface area contributed by atoms with Crippen LogP contribution in [0, 0.1) is 23.1 Å². The number of hydrogen-bond donors (Lipinski definition) is 1. The molecule has 1 aromatic carbocycles. The number of H-pyrrole nitrogens is 1. The van der Waals surface area contributed by atoms with Crippen LogP contribution in [0.2, 0.25) is 0 Å². The van der Waals surface area contributed by atoms with Gasteiger partial charge in [0, 0.05) is 25.2 Å². The molecule has 31 heavy (non-hydrogen) atoms. The third kappa shape index (κ3) is 3.25. The van der Waals surface area contributed by atoms with Crippen LogP contribution in [-0.2, 0) is 6.42 Å². The Morgan fingerprint density at radius 2 is 2.06 bits per heavy atom. The third-order valence-electron chi connectivity index (χ3n) is 6.10. The summed E-state index contributed by atoms with van der Waals surface area (Å²) in [6, 6.07) is 4.46. The fourth-order valence-electron chi connectivity index (χ4n) is 4.17. The predicted octanol–water partition coefficient (Wildman–Crippen LogP) is 4.33. The fraction of sp³-hybridized carbons (Fsp3) is 0.348. The van der Waals surface area contributed by atoms with E-state index >= 15 is 0 Å². The van der Waals surface area contributed by atoms with Gasteiger partial charge in [0.1, 0.15) is 5.82 Å². The van der Waals surface area contributed by atoms with Gasteiger partial charge in [-0.2, -0.15) is 4.98 Å². The van der Waals surface area contributed by atoms with Gasteiger partial charge in [0.15, 0.2) is 5.82 Å². The molecule has 1 fully saturated rings. The van der Waals surface area contributed by atoms with Crippen molar-refractivity contribution in [1.29, 1.82) is 0 Å². The summed E-state index contributed by atoms with van der Waals surface area (Å²) in [5, 5.41) is 0.217. The molecular formula is C23H19F3N4O. The molecule has 1 aliphatic carbocycles. The van der Waals surface area contributed by atoms with E-state index in [4.69, 9.17) is 0 Å². The van der Waals surface area contributed by atoms with Crippen molar-refractivity contribution in [1.82, 2.24) is 15.0 Å². The number of benzene rings is 1.